The molecule has 1 unspecified atom stereocenters. The summed E-state index contributed by atoms with van der Waals surface area (Å²) in [5.74, 6) is 1.06. The van der Waals surface area contributed by atoms with Gasteiger partial charge in [-0.05, 0) is 105 Å². The SMILES string of the molecule is CCCCOCCOc1ccc(-c2ccc3c(c2)C=C(C(=O)Nc2ccc([S@](=O)Cc4c(C)ncn4CC)cc2)CCN3CC2CN(C)CCO2)cc1. The number of fused-ring (bicyclic) bond motifs is 1. The molecule has 11 heteroatoms. The molecule has 282 valence electrons. The Hall–Kier alpha value is -4.29. The van der Waals surface area contributed by atoms with Crippen LogP contribution in [0.1, 0.15) is 50.1 Å². The number of hydrogen-bond donors (Lipinski definition) is 1. The van der Waals surface area contributed by atoms with E-state index in [1.54, 1.807) is 6.33 Å². The van der Waals surface area contributed by atoms with Gasteiger partial charge >= 0.3 is 0 Å². The number of anilines is 2. The number of nitrogens with one attached hydrogen (secondary N) is 1. The van der Waals surface area contributed by atoms with E-state index >= 15 is 0 Å². The lowest BCUT2D eigenvalue weighted by Gasteiger charge is -2.35. The average molecular weight is 740 g/mol. The molecule has 1 N–H and O–H groups in total. The number of aromatic nitrogens is 2. The van der Waals surface area contributed by atoms with Crippen LogP contribution in [0.15, 0.2) is 83.5 Å². The number of aryl methyl sites for hydroxylation is 2. The van der Waals surface area contributed by atoms with Crippen molar-refractivity contribution in [2.24, 2.45) is 0 Å². The maximum atomic E-state index is 13.8. The predicted octanol–water partition coefficient (Wildman–Crippen LogP) is 6.94. The molecule has 1 amide bonds. The molecule has 1 saturated heterocycles. The van der Waals surface area contributed by atoms with E-state index in [1.807, 2.05) is 54.0 Å². The molecule has 1 fully saturated rings. The number of rotatable bonds is 16. The maximum Gasteiger partial charge on any atom is 0.251 e. The van der Waals surface area contributed by atoms with Gasteiger partial charge in [-0.1, -0.05) is 31.5 Å². The van der Waals surface area contributed by atoms with Crippen molar-refractivity contribution in [1.29, 1.82) is 0 Å². The van der Waals surface area contributed by atoms with Crippen LogP contribution in [0.4, 0.5) is 11.4 Å². The zero-order chi connectivity index (χ0) is 37.2. The number of ether oxygens (including phenoxy) is 3. The van der Waals surface area contributed by atoms with Gasteiger partial charge in [-0.25, -0.2) is 4.98 Å². The number of likely N-dealkylation sites (N-methyl/N-ethyl adjacent to an activating group) is 1. The second-order valence-electron chi connectivity index (χ2n) is 13.8. The summed E-state index contributed by atoms with van der Waals surface area (Å²) in [7, 11) is 0.896. The summed E-state index contributed by atoms with van der Waals surface area (Å²) in [6, 6.07) is 21.9. The fourth-order valence-corrected chi connectivity index (χ4v) is 7.98. The minimum Gasteiger partial charge on any atom is -0.491 e. The van der Waals surface area contributed by atoms with Crippen molar-refractivity contribution >= 4 is 34.2 Å². The highest BCUT2D eigenvalue weighted by molar-refractivity contribution is 7.84. The standard InChI is InChI=1S/C42H53N5O5S/c1-5-7-21-50-23-24-52-37-13-8-32(9-14-37)33-10-17-40-35(25-33)26-34(18-19-47(40)28-38-27-45(4)20-22-51-38)42(48)44-36-11-15-39(16-12-36)53(49)29-41-31(3)43-30-46(41)6-2/h8-17,25-26,30,38H,5-7,18-24,27-29H2,1-4H3,(H,44,48)/t38?,53-/m1/s1. The number of benzene rings is 3. The van der Waals surface area contributed by atoms with E-state index in [4.69, 9.17) is 14.2 Å². The minimum absolute atomic E-state index is 0.0803. The highest BCUT2D eigenvalue weighted by Gasteiger charge is 2.25. The Morgan fingerprint density at radius 3 is 2.55 bits per heavy atom. The lowest BCUT2D eigenvalue weighted by atomic mass is 10.00. The van der Waals surface area contributed by atoms with Crippen LogP contribution in [0.3, 0.4) is 0 Å². The van der Waals surface area contributed by atoms with Crippen LogP contribution < -0.4 is 15.0 Å². The van der Waals surface area contributed by atoms with Gasteiger partial charge in [0.1, 0.15) is 12.4 Å². The zero-order valence-corrected chi connectivity index (χ0v) is 32.3. The van der Waals surface area contributed by atoms with E-state index in [0.717, 1.165) is 85.1 Å². The smallest absolute Gasteiger partial charge is 0.251 e. The van der Waals surface area contributed by atoms with Gasteiger partial charge in [0.05, 0.1) is 53.6 Å². The molecule has 0 spiro atoms. The summed E-state index contributed by atoms with van der Waals surface area (Å²) in [5.41, 5.74) is 7.45. The van der Waals surface area contributed by atoms with E-state index in [9.17, 15) is 9.00 Å². The maximum absolute atomic E-state index is 13.8. The van der Waals surface area contributed by atoms with Gasteiger partial charge < -0.3 is 33.9 Å². The first-order chi connectivity index (χ1) is 25.8. The van der Waals surface area contributed by atoms with Crippen molar-refractivity contribution in [2.75, 3.05) is 69.9 Å². The van der Waals surface area contributed by atoms with Crippen molar-refractivity contribution in [3.8, 4) is 16.9 Å². The van der Waals surface area contributed by atoms with Gasteiger partial charge in [-0.3, -0.25) is 9.00 Å². The summed E-state index contributed by atoms with van der Waals surface area (Å²) in [5, 5.41) is 3.10. The number of carbonyl (C=O) groups is 1. The Morgan fingerprint density at radius 1 is 1.00 bits per heavy atom. The van der Waals surface area contributed by atoms with Crippen LogP contribution >= 0.6 is 0 Å². The molecule has 1 aromatic heterocycles. The van der Waals surface area contributed by atoms with Crippen molar-refractivity contribution in [3.63, 3.8) is 0 Å². The molecule has 3 aromatic carbocycles. The molecule has 0 saturated carbocycles. The van der Waals surface area contributed by atoms with Crippen LogP contribution in [-0.4, -0.2) is 90.3 Å². The molecular formula is C42H53N5O5S. The molecule has 2 aliphatic heterocycles. The van der Waals surface area contributed by atoms with Gasteiger partial charge in [-0.2, -0.15) is 0 Å². The highest BCUT2D eigenvalue weighted by atomic mass is 32.2. The molecule has 0 radical (unpaired) electrons. The molecule has 53 heavy (non-hydrogen) atoms. The van der Waals surface area contributed by atoms with E-state index < -0.39 is 10.8 Å². The van der Waals surface area contributed by atoms with E-state index in [0.29, 0.717) is 54.7 Å². The Kier molecular flexibility index (Phi) is 13.5. The van der Waals surface area contributed by atoms with Gasteiger partial charge in [0.2, 0.25) is 0 Å². The normalized spacial score (nSPS) is 16.8. The Balaban J connectivity index is 1.17. The van der Waals surface area contributed by atoms with Gasteiger partial charge in [0.25, 0.3) is 5.91 Å². The molecule has 2 aliphatic rings. The van der Waals surface area contributed by atoms with E-state index in [2.05, 4.69) is 71.3 Å². The zero-order valence-electron chi connectivity index (χ0n) is 31.5. The van der Waals surface area contributed by atoms with Crippen LogP contribution in [0.25, 0.3) is 17.2 Å². The first kappa shape index (κ1) is 38.4. The molecule has 3 heterocycles. The molecular weight excluding hydrogens is 687 g/mol. The Morgan fingerprint density at radius 2 is 1.79 bits per heavy atom. The third-order valence-corrected chi connectivity index (χ3v) is 11.2. The fraction of sp³-hybridized carbons (Fsp3) is 0.429. The van der Waals surface area contributed by atoms with Gasteiger partial charge in [-0.15, -0.1) is 0 Å². The lowest BCUT2D eigenvalue weighted by Crippen LogP contribution is -2.46. The van der Waals surface area contributed by atoms with Gasteiger partial charge in [0, 0.05) is 61.2 Å². The van der Waals surface area contributed by atoms with E-state index in [-0.39, 0.29) is 12.0 Å². The number of hydrogen-bond acceptors (Lipinski definition) is 8. The lowest BCUT2D eigenvalue weighted by molar-refractivity contribution is -0.112. The third-order valence-electron chi connectivity index (χ3n) is 9.87. The number of nitrogens with zero attached hydrogens (tertiary/aromatic N) is 4. The van der Waals surface area contributed by atoms with Crippen molar-refractivity contribution < 1.29 is 23.2 Å². The van der Waals surface area contributed by atoms with Crippen LogP contribution in [0, 0.1) is 6.92 Å². The first-order valence-electron chi connectivity index (χ1n) is 18.8. The minimum atomic E-state index is -1.24. The predicted molar refractivity (Wildman–Crippen MR) is 213 cm³/mol. The second-order valence-corrected chi connectivity index (χ2v) is 15.2. The summed E-state index contributed by atoms with van der Waals surface area (Å²) >= 11 is 0. The molecule has 10 nitrogen and oxygen atoms in total. The van der Waals surface area contributed by atoms with Crippen LogP contribution in [0.5, 0.6) is 5.75 Å². The van der Waals surface area contributed by atoms with Crippen molar-refractivity contribution in [3.05, 3.63) is 95.6 Å². The van der Waals surface area contributed by atoms with Crippen LogP contribution in [0.2, 0.25) is 0 Å². The Bertz CT molecular complexity index is 1870. The molecule has 4 aromatic rings. The average Bonchev–Trinajstić information content (AvgIpc) is 3.41. The quantitative estimate of drug-likeness (QED) is 0.124. The summed E-state index contributed by atoms with van der Waals surface area (Å²) < 4.78 is 33.0. The number of morpholine rings is 1. The molecule has 0 aliphatic carbocycles. The topological polar surface area (TPSA) is 98.2 Å². The fourth-order valence-electron chi connectivity index (χ4n) is 6.75. The first-order valence-corrected chi connectivity index (χ1v) is 20.1. The number of imidazole rings is 1. The number of unbranched alkanes of at least 4 members (excludes halogenated alkanes) is 1. The molecule has 2 atom stereocenters. The summed E-state index contributed by atoms with van der Waals surface area (Å²) in [6.45, 7) is 12.7. The van der Waals surface area contributed by atoms with Crippen molar-refractivity contribution in [1.82, 2.24) is 14.5 Å². The van der Waals surface area contributed by atoms with Crippen molar-refractivity contribution in [2.45, 2.75) is 63.3 Å². The Labute approximate surface area is 316 Å². The number of carbonyl (C=O) groups excluding carboxylic acids is 1. The summed E-state index contributed by atoms with van der Waals surface area (Å²) in [4.78, 5) is 23.6. The largest absolute Gasteiger partial charge is 0.491 e. The van der Waals surface area contributed by atoms with Gasteiger partial charge in [0.15, 0.2) is 0 Å². The summed E-state index contributed by atoms with van der Waals surface area (Å²) in [6.07, 6.45) is 6.67. The third kappa shape index (κ3) is 10.2. The second kappa shape index (κ2) is 18.6. The highest BCUT2D eigenvalue weighted by Crippen LogP contribution is 2.34. The monoisotopic (exact) mass is 739 g/mol. The molecule has 0 bridgehead atoms. The van der Waals surface area contributed by atoms with Crippen LogP contribution in [-0.2, 0) is 37.4 Å². The molecule has 6 rings (SSSR count). The number of amides is 1. The van der Waals surface area contributed by atoms with E-state index in [1.165, 1.54) is 0 Å².